The molecule has 1 unspecified atom stereocenters. The van der Waals surface area contributed by atoms with Crippen molar-refractivity contribution in [3.8, 4) is 11.3 Å². The van der Waals surface area contributed by atoms with Crippen LogP contribution in [0.2, 0.25) is 0 Å². The molecule has 0 saturated carbocycles. The van der Waals surface area contributed by atoms with Crippen LogP contribution >= 0.6 is 0 Å². The number of hydrogen-bond acceptors (Lipinski definition) is 4. The third-order valence-corrected chi connectivity index (χ3v) is 5.35. The third-order valence-electron chi connectivity index (χ3n) is 5.35. The largest absolute Gasteiger partial charge is 0.348 e. The topological polar surface area (TPSA) is 85.1 Å². The van der Waals surface area contributed by atoms with Crippen molar-refractivity contribution in [2.45, 2.75) is 32.2 Å². The highest BCUT2D eigenvalue weighted by atomic mass is 16.6. The van der Waals surface area contributed by atoms with Crippen molar-refractivity contribution in [1.29, 1.82) is 0 Å². The standard InChI is InChI=1S/C23H23N3O3/c1-16(23(2,3)18-12-8-5-9-13-18)25-22(27)19-14-15-24-20(21(19)26(28)29)17-10-6-4-7-11-17/h4-16H,1-3H3,(H,25,27). The maximum atomic E-state index is 13.0. The first-order valence-electron chi connectivity index (χ1n) is 9.37. The lowest BCUT2D eigenvalue weighted by Gasteiger charge is -2.33. The van der Waals surface area contributed by atoms with Crippen molar-refractivity contribution in [2.24, 2.45) is 0 Å². The number of hydrogen-bond donors (Lipinski definition) is 1. The molecule has 1 amide bonds. The molecular formula is C23H23N3O3. The van der Waals surface area contributed by atoms with Gasteiger partial charge in [0.15, 0.2) is 0 Å². The monoisotopic (exact) mass is 389 g/mol. The Morgan fingerprint density at radius 1 is 1.03 bits per heavy atom. The fraction of sp³-hybridized carbons (Fsp3) is 0.217. The average molecular weight is 389 g/mol. The van der Waals surface area contributed by atoms with Gasteiger partial charge >= 0.3 is 5.69 Å². The van der Waals surface area contributed by atoms with Crippen LogP contribution < -0.4 is 5.32 Å². The van der Waals surface area contributed by atoms with E-state index >= 15 is 0 Å². The fourth-order valence-electron chi connectivity index (χ4n) is 3.20. The normalized spacial score (nSPS) is 12.2. The number of nitrogens with one attached hydrogen (secondary N) is 1. The Morgan fingerprint density at radius 2 is 1.62 bits per heavy atom. The first-order chi connectivity index (χ1) is 13.8. The van der Waals surface area contributed by atoms with E-state index in [1.165, 1.54) is 12.3 Å². The van der Waals surface area contributed by atoms with Gasteiger partial charge in [0.1, 0.15) is 11.3 Å². The molecule has 0 aliphatic heterocycles. The molecule has 1 aromatic heterocycles. The summed E-state index contributed by atoms with van der Waals surface area (Å²) in [6.07, 6.45) is 1.43. The van der Waals surface area contributed by atoms with Gasteiger partial charge in [-0.15, -0.1) is 0 Å². The Hall–Kier alpha value is -3.54. The van der Waals surface area contributed by atoms with Gasteiger partial charge in [-0.2, -0.15) is 0 Å². The molecule has 6 nitrogen and oxygen atoms in total. The number of rotatable bonds is 6. The Kier molecular flexibility index (Phi) is 5.73. The molecule has 1 heterocycles. The highest BCUT2D eigenvalue weighted by molar-refractivity contribution is 6.00. The van der Waals surface area contributed by atoms with E-state index in [4.69, 9.17) is 0 Å². The summed E-state index contributed by atoms with van der Waals surface area (Å²) in [6.45, 7) is 5.96. The Bertz CT molecular complexity index is 1020. The second-order valence-corrected chi connectivity index (χ2v) is 7.46. The van der Waals surface area contributed by atoms with E-state index < -0.39 is 10.8 Å². The van der Waals surface area contributed by atoms with E-state index in [1.807, 2.05) is 57.2 Å². The van der Waals surface area contributed by atoms with Crippen LogP contribution in [0.4, 0.5) is 5.69 Å². The van der Waals surface area contributed by atoms with Gasteiger partial charge in [-0.25, -0.2) is 4.98 Å². The minimum Gasteiger partial charge on any atom is -0.348 e. The number of carbonyl (C=O) groups is 1. The quantitative estimate of drug-likeness (QED) is 0.487. The van der Waals surface area contributed by atoms with Crippen LogP contribution in [-0.2, 0) is 5.41 Å². The summed E-state index contributed by atoms with van der Waals surface area (Å²) < 4.78 is 0. The van der Waals surface area contributed by atoms with Gasteiger partial charge in [-0.3, -0.25) is 14.9 Å². The fourth-order valence-corrected chi connectivity index (χ4v) is 3.20. The predicted molar refractivity (Wildman–Crippen MR) is 113 cm³/mol. The van der Waals surface area contributed by atoms with Crippen LogP contribution in [0, 0.1) is 10.1 Å². The van der Waals surface area contributed by atoms with Crippen LogP contribution in [0.25, 0.3) is 11.3 Å². The predicted octanol–water partition coefficient (Wildman–Crippen LogP) is 4.75. The summed E-state index contributed by atoms with van der Waals surface area (Å²) in [6, 6.07) is 19.8. The van der Waals surface area contributed by atoms with Gasteiger partial charge in [0.25, 0.3) is 5.91 Å². The zero-order chi connectivity index (χ0) is 21.0. The molecule has 6 heteroatoms. The van der Waals surface area contributed by atoms with Crippen LogP contribution in [-0.4, -0.2) is 21.9 Å². The van der Waals surface area contributed by atoms with Crippen molar-refractivity contribution in [3.05, 3.63) is 94.2 Å². The molecule has 1 atom stereocenters. The second-order valence-electron chi connectivity index (χ2n) is 7.46. The lowest BCUT2D eigenvalue weighted by Crippen LogP contribution is -2.45. The molecule has 0 spiro atoms. The maximum Gasteiger partial charge on any atom is 0.308 e. The summed E-state index contributed by atoms with van der Waals surface area (Å²) in [5.41, 5.74) is 1.19. The molecular weight excluding hydrogens is 366 g/mol. The third kappa shape index (κ3) is 4.16. The number of aromatic nitrogens is 1. The summed E-state index contributed by atoms with van der Waals surface area (Å²) in [4.78, 5) is 28.4. The Balaban J connectivity index is 1.94. The Labute approximate surface area is 169 Å². The zero-order valence-electron chi connectivity index (χ0n) is 16.6. The van der Waals surface area contributed by atoms with Gasteiger partial charge in [0.2, 0.25) is 0 Å². The smallest absolute Gasteiger partial charge is 0.308 e. The number of carbonyl (C=O) groups excluding carboxylic acids is 1. The van der Waals surface area contributed by atoms with Crippen LogP contribution in [0.5, 0.6) is 0 Å². The summed E-state index contributed by atoms with van der Waals surface area (Å²) in [5, 5.41) is 14.7. The molecule has 0 fully saturated rings. The van der Waals surface area contributed by atoms with Gasteiger partial charge in [-0.1, -0.05) is 74.5 Å². The van der Waals surface area contributed by atoms with Gasteiger partial charge < -0.3 is 5.32 Å². The van der Waals surface area contributed by atoms with Crippen LogP contribution in [0.1, 0.15) is 36.7 Å². The van der Waals surface area contributed by atoms with Crippen molar-refractivity contribution in [3.63, 3.8) is 0 Å². The number of nitro groups is 1. The van der Waals surface area contributed by atoms with Crippen molar-refractivity contribution < 1.29 is 9.72 Å². The molecule has 0 aliphatic rings. The molecule has 1 N–H and O–H groups in total. The second kappa shape index (κ2) is 8.22. The molecule has 0 bridgehead atoms. The maximum absolute atomic E-state index is 13.0. The van der Waals surface area contributed by atoms with E-state index in [0.29, 0.717) is 5.56 Å². The van der Waals surface area contributed by atoms with Gasteiger partial charge in [-0.05, 0) is 18.6 Å². The molecule has 2 aromatic carbocycles. The SMILES string of the molecule is CC(NC(=O)c1ccnc(-c2ccccc2)c1[N+](=O)[O-])C(C)(C)c1ccccc1. The molecule has 3 rings (SSSR count). The van der Waals surface area contributed by atoms with Crippen molar-refractivity contribution in [1.82, 2.24) is 10.3 Å². The van der Waals surface area contributed by atoms with E-state index in [0.717, 1.165) is 5.56 Å². The first-order valence-corrected chi connectivity index (χ1v) is 9.37. The number of pyridine rings is 1. The molecule has 148 valence electrons. The summed E-state index contributed by atoms with van der Waals surface area (Å²) in [5.74, 6) is -0.493. The first kappa shape index (κ1) is 20.2. The highest BCUT2D eigenvalue weighted by Gasteiger charge is 2.32. The van der Waals surface area contributed by atoms with Crippen molar-refractivity contribution >= 4 is 11.6 Å². The van der Waals surface area contributed by atoms with E-state index in [-0.39, 0.29) is 28.4 Å². The average Bonchev–Trinajstić information content (AvgIpc) is 2.74. The molecule has 0 radical (unpaired) electrons. The number of benzene rings is 2. The number of nitrogens with zero attached hydrogens (tertiary/aromatic N) is 2. The zero-order valence-corrected chi connectivity index (χ0v) is 16.6. The molecule has 3 aromatic rings. The highest BCUT2D eigenvalue weighted by Crippen LogP contribution is 2.32. The van der Waals surface area contributed by atoms with Crippen LogP contribution in [0.15, 0.2) is 72.9 Å². The van der Waals surface area contributed by atoms with Gasteiger partial charge in [0.05, 0.1) is 4.92 Å². The Morgan fingerprint density at radius 3 is 2.21 bits per heavy atom. The van der Waals surface area contributed by atoms with E-state index in [2.05, 4.69) is 10.3 Å². The minimum atomic E-state index is -0.544. The lowest BCUT2D eigenvalue weighted by molar-refractivity contribution is -0.384. The summed E-state index contributed by atoms with van der Waals surface area (Å²) in [7, 11) is 0. The molecule has 29 heavy (non-hydrogen) atoms. The lowest BCUT2D eigenvalue weighted by atomic mass is 9.78. The van der Waals surface area contributed by atoms with Crippen LogP contribution in [0.3, 0.4) is 0 Å². The van der Waals surface area contributed by atoms with E-state index in [9.17, 15) is 14.9 Å². The van der Waals surface area contributed by atoms with Crippen molar-refractivity contribution in [2.75, 3.05) is 0 Å². The van der Waals surface area contributed by atoms with E-state index in [1.54, 1.807) is 24.3 Å². The number of amides is 1. The molecule has 0 saturated heterocycles. The summed E-state index contributed by atoms with van der Waals surface area (Å²) >= 11 is 0. The van der Waals surface area contributed by atoms with Gasteiger partial charge in [0, 0.05) is 23.2 Å². The molecule has 0 aliphatic carbocycles. The minimum absolute atomic E-state index is 0.000403.